The Morgan fingerprint density at radius 1 is 1.57 bits per heavy atom. The van der Waals surface area contributed by atoms with Crippen molar-refractivity contribution in [3.8, 4) is 6.07 Å². The van der Waals surface area contributed by atoms with Crippen molar-refractivity contribution in [2.45, 2.75) is 51.5 Å². The highest BCUT2D eigenvalue weighted by Crippen LogP contribution is 2.26. The second-order valence-electron chi connectivity index (χ2n) is 4.04. The van der Waals surface area contributed by atoms with Crippen LogP contribution in [0.3, 0.4) is 0 Å². The van der Waals surface area contributed by atoms with Gasteiger partial charge in [-0.15, -0.1) is 0 Å². The van der Waals surface area contributed by atoms with Gasteiger partial charge in [-0.05, 0) is 18.8 Å². The number of nitrogens with zero attached hydrogens (tertiary/aromatic N) is 1. The van der Waals surface area contributed by atoms with Gasteiger partial charge in [0.05, 0.1) is 6.07 Å². The Labute approximate surface area is 85.5 Å². The van der Waals surface area contributed by atoms with Crippen LogP contribution in [0.4, 0.5) is 0 Å². The van der Waals surface area contributed by atoms with E-state index in [-0.39, 0.29) is 12.3 Å². The molecule has 0 radical (unpaired) electrons. The van der Waals surface area contributed by atoms with E-state index in [1.54, 1.807) is 0 Å². The van der Waals surface area contributed by atoms with Gasteiger partial charge in [0.15, 0.2) is 0 Å². The molecular weight excluding hydrogens is 176 g/mol. The van der Waals surface area contributed by atoms with Crippen molar-refractivity contribution in [1.29, 1.82) is 5.26 Å². The summed E-state index contributed by atoms with van der Waals surface area (Å²) < 4.78 is 0. The van der Waals surface area contributed by atoms with Gasteiger partial charge in [0.2, 0.25) is 5.91 Å². The number of amides is 1. The molecule has 1 N–H and O–H groups in total. The van der Waals surface area contributed by atoms with E-state index >= 15 is 0 Å². The molecule has 14 heavy (non-hydrogen) atoms. The van der Waals surface area contributed by atoms with Gasteiger partial charge in [-0.3, -0.25) is 4.79 Å². The Morgan fingerprint density at radius 2 is 2.36 bits per heavy atom. The summed E-state index contributed by atoms with van der Waals surface area (Å²) in [6.07, 6.45) is 5.86. The zero-order valence-corrected chi connectivity index (χ0v) is 8.75. The van der Waals surface area contributed by atoms with Crippen LogP contribution < -0.4 is 5.32 Å². The minimum absolute atomic E-state index is 0.00666. The minimum atomic E-state index is -0.116. The third-order valence-corrected chi connectivity index (χ3v) is 2.96. The van der Waals surface area contributed by atoms with Crippen LogP contribution in [0, 0.1) is 17.2 Å². The number of rotatable bonds is 3. The summed E-state index contributed by atoms with van der Waals surface area (Å²) in [6, 6.07) is 2.18. The van der Waals surface area contributed by atoms with E-state index in [2.05, 4.69) is 12.2 Å². The fourth-order valence-electron chi connectivity index (χ4n) is 2.14. The Bertz CT molecular complexity index is 232. The molecule has 1 aliphatic rings. The predicted molar refractivity (Wildman–Crippen MR) is 54.4 cm³/mol. The number of hydrogen-bond donors (Lipinski definition) is 1. The normalized spacial score (nSPS) is 26.6. The molecule has 0 aromatic carbocycles. The van der Waals surface area contributed by atoms with Crippen LogP contribution >= 0.6 is 0 Å². The van der Waals surface area contributed by atoms with Gasteiger partial charge < -0.3 is 5.32 Å². The number of carbonyl (C=O) groups is 1. The molecule has 3 nitrogen and oxygen atoms in total. The zero-order chi connectivity index (χ0) is 10.4. The summed E-state index contributed by atoms with van der Waals surface area (Å²) in [5.41, 5.74) is 0. The van der Waals surface area contributed by atoms with Crippen molar-refractivity contribution in [2.75, 3.05) is 0 Å². The largest absolute Gasteiger partial charge is 0.352 e. The Kier molecular flexibility index (Phi) is 4.45. The highest BCUT2D eigenvalue weighted by Gasteiger charge is 2.21. The topological polar surface area (TPSA) is 52.9 Å². The van der Waals surface area contributed by atoms with E-state index in [1.807, 2.05) is 6.07 Å². The summed E-state index contributed by atoms with van der Waals surface area (Å²) >= 11 is 0. The number of hydrogen-bond acceptors (Lipinski definition) is 2. The molecule has 1 fully saturated rings. The molecule has 0 aromatic heterocycles. The summed E-state index contributed by atoms with van der Waals surface area (Å²) in [4.78, 5) is 11.2. The van der Waals surface area contributed by atoms with Crippen LogP contribution in [0.5, 0.6) is 0 Å². The summed E-state index contributed by atoms with van der Waals surface area (Å²) in [5.74, 6) is 0.644. The standard InChI is InChI=1S/C11H18N2O/c1-2-9-4-3-5-10(8-9)13-11(14)6-7-12/h9-10H,2-6,8H2,1H3,(H,13,14)/t9?,10-/m1/s1. The van der Waals surface area contributed by atoms with E-state index in [4.69, 9.17) is 5.26 Å². The van der Waals surface area contributed by atoms with Crippen molar-refractivity contribution < 1.29 is 4.79 Å². The highest BCUT2D eigenvalue weighted by molar-refractivity contribution is 5.78. The van der Waals surface area contributed by atoms with Crippen molar-refractivity contribution in [3.05, 3.63) is 0 Å². The molecule has 1 amide bonds. The highest BCUT2D eigenvalue weighted by atomic mass is 16.1. The zero-order valence-electron chi connectivity index (χ0n) is 8.75. The van der Waals surface area contributed by atoms with Crippen LogP contribution in [-0.2, 0) is 4.79 Å². The molecule has 1 rings (SSSR count). The molecule has 0 bridgehead atoms. The molecule has 1 aliphatic carbocycles. The first-order chi connectivity index (χ1) is 6.76. The first kappa shape index (κ1) is 11.0. The molecule has 0 saturated heterocycles. The van der Waals surface area contributed by atoms with Crippen LogP contribution in [0.1, 0.15) is 45.4 Å². The van der Waals surface area contributed by atoms with Gasteiger partial charge in [0.25, 0.3) is 0 Å². The summed E-state index contributed by atoms with van der Waals surface area (Å²) in [6.45, 7) is 2.20. The van der Waals surface area contributed by atoms with E-state index in [1.165, 1.54) is 19.3 Å². The third kappa shape index (κ3) is 3.37. The molecular formula is C11H18N2O. The molecule has 3 heteroatoms. The lowest BCUT2D eigenvalue weighted by atomic mass is 9.84. The lowest BCUT2D eigenvalue weighted by Gasteiger charge is -2.28. The fraction of sp³-hybridized carbons (Fsp3) is 0.818. The second-order valence-corrected chi connectivity index (χ2v) is 4.04. The van der Waals surface area contributed by atoms with Gasteiger partial charge in [0.1, 0.15) is 6.42 Å². The van der Waals surface area contributed by atoms with Gasteiger partial charge >= 0.3 is 0 Å². The molecule has 0 spiro atoms. The molecule has 0 aromatic rings. The first-order valence-electron chi connectivity index (χ1n) is 5.42. The van der Waals surface area contributed by atoms with E-state index in [0.29, 0.717) is 6.04 Å². The lowest BCUT2D eigenvalue weighted by molar-refractivity contribution is -0.121. The van der Waals surface area contributed by atoms with Crippen molar-refractivity contribution >= 4 is 5.91 Å². The minimum Gasteiger partial charge on any atom is -0.352 e. The fourth-order valence-corrected chi connectivity index (χ4v) is 2.14. The average molecular weight is 194 g/mol. The van der Waals surface area contributed by atoms with Crippen LogP contribution in [0.2, 0.25) is 0 Å². The second kappa shape index (κ2) is 5.64. The van der Waals surface area contributed by atoms with Gasteiger partial charge in [0, 0.05) is 6.04 Å². The Hall–Kier alpha value is -1.04. The van der Waals surface area contributed by atoms with E-state index < -0.39 is 0 Å². The quantitative estimate of drug-likeness (QED) is 0.747. The maximum Gasteiger partial charge on any atom is 0.234 e. The molecule has 2 atom stereocenters. The summed E-state index contributed by atoms with van der Waals surface area (Å²) in [7, 11) is 0. The number of carbonyl (C=O) groups excluding carboxylic acids is 1. The van der Waals surface area contributed by atoms with Crippen molar-refractivity contribution in [3.63, 3.8) is 0 Å². The molecule has 78 valence electrons. The van der Waals surface area contributed by atoms with Gasteiger partial charge in [-0.25, -0.2) is 0 Å². The maximum atomic E-state index is 11.2. The molecule has 1 unspecified atom stereocenters. The van der Waals surface area contributed by atoms with Gasteiger partial charge in [-0.2, -0.15) is 5.26 Å². The maximum absolute atomic E-state index is 11.2. The monoisotopic (exact) mass is 194 g/mol. The van der Waals surface area contributed by atoms with Gasteiger partial charge in [-0.1, -0.05) is 26.2 Å². The lowest BCUT2D eigenvalue weighted by Crippen LogP contribution is -2.38. The van der Waals surface area contributed by atoms with Crippen LogP contribution in [0.15, 0.2) is 0 Å². The number of nitriles is 1. The van der Waals surface area contributed by atoms with Crippen LogP contribution in [0.25, 0.3) is 0 Å². The predicted octanol–water partition coefficient (Wildman–Crippen LogP) is 1.99. The summed E-state index contributed by atoms with van der Waals surface area (Å²) in [5, 5.41) is 11.3. The first-order valence-corrected chi connectivity index (χ1v) is 5.42. The van der Waals surface area contributed by atoms with E-state index in [9.17, 15) is 4.79 Å². The van der Waals surface area contributed by atoms with Crippen molar-refractivity contribution in [1.82, 2.24) is 5.32 Å². The van der Waals surface area contributed by atoms with E-state index in [0.717, 1.165) is 18.8 Å². The third-order valence-electron chi connectivity index (χ3n) is 2.96. The van der Waals surface area contributed by atoms with Crippen molar-refractivity contribution in [2.24, 2.45) is 5.92 Å². The Morgan fingerprint density at radius 3 is 3.00 bits per heavy atom. The SMILES string of the molecule is CCC1CCC[C@@H](NC(=O)CC#N)C1. The molecule has 0 aliphatic heterocycles. The average Bonchev–Trinajstić information content (AvgIpc) is 2.18. The number of nitrogens with one attached hydrogen (secondary N) is 1. The van der Waals surface area contributed by atoms with Crippen LogP contribution in [-0.4, -0.2) is 11.9 Å². The smallest absolute Gasteiger partial charge is 0.234 e. The Balaban J connectivity index is 2.30. The molecule has 0 heterocycles. The molecule has 1 saturated carbocycles.